The monoisotopic (exact) mass is 581 g/mol. The Balaban J connectivity index is 1.34. The molecule has 0 amide bonds. The van der Waals surface area contributed by atoms with Gasteiger partial charge in [-0.3, -0.25) is 4.99 Å². The van der Waals surface area contributed by atoms with Gasteiger partial charge in [0, 0.05) is 17.3 Å². The second-order valence-electron chi connectivity index (χ2n) is 12.2. The predicted molar refractivity (Wildman–Crippen MR) is 186 cm³/mol. The highest BCUT2D eigenvalue weighted by molar-refractivity contribution is 6.01. The Hall–Kier alpha value is -5.79. The number of fused-ring (bicyclic) bond motifs is 2. The van der Waals surface area contributed by atoms with Crippen molar-refractivity contribution in [2.45, 2.75) is 26.2 Å². The third-order valence-corrected chi connectivity index (χ3v) is 8.16. The molecule has 0 spiro atoms. The van der Waals surface area contributed by atoms with Gasteiger partial charge in [0.05, 0.1) is 17.8 Å². The van der Waals surface area contributed by atoms with E-state index < -0.39 is 0 Å². The molecule has 4 nitrogen and oxygen atoms in total. The number of aromatic nitrogens is 1. The summed E-state index contributed by atoms with van der Waals surface area (Å²) >= 11 is 0. The third kappa shape index (κ3) is 5.53. The van der Waals surface area contributed by atoms with Crippen molar-refractivity contribution in [2.75, 3.05) is 0 Å². The smallest absolute Gasteiger partial charge is 0.229 e. The number of hydrogen-bond acceptors (Lipinski definition) is 3. The molecule has 6 aromatic carbocycles. The molecule has 0 N–H and O–H groups in total. The van der Waals surface area contributed by atoms with E-state index in [1.54, 1.807) is 0 Å². The number of rotatable bonds is 5. The van der Waals surface area contributed by atoms with Gasteiger partial charge < -0.3 is 4.42 Å². The maximum Gasteiger partial charge on any atom is 0.229 e. The van der Waals surface area contributed by atoms with Crippen molar-refractivity contribution >= 4 is 39.5 Å². The molecule has 1 heterocycles. The number of oxazole rings is 1. The van der Waals surface area contributed by atoms with Gasteiger partial charge in [0.15, 0.2) is 11.3 Å². The van der Waals surface area contributed by atoms with Crippen LogP contribution in [0.3, 0.4) is 0 Å². The van der Waals surface area contributed by atoms with Crippen molar-refractivity contribution in [1.29, 1.82) is 0 Å². The van der Waals surface area contributed by atoms with Crippen LogP contribution in [0.1, 0.15) is 31.9 Å². The Kier molecular flexibility index (Phi) is 7.08. The topological polar surface area (TPSA) is 42.8 Å². The summed E-state index contributed by atoms with van der Waals surface area (Å²) in [6.45, 7) is 13.9. The fourth-order valence-electron chi connectivity index (χ4n) is 5.66. The minimum atomic E-state index is -0.0935. The molecule has 0 unspecified atom stereocenters. The molecular formula is C41H31N3O. The summed E-state index contributed by atoms with van der Waals surface area (Å²) in [6.07, 6.45) is 1.92. The first-order chi connectivity index (χ1) is 21.9. The molecule has 0 aliphatic rings. The number of hydrogen-bond donors (Lipinski definition) is 0. The number of aliphatic imine (C=N–C) groups is 1. The maximum absolute atomic E-state index is 7.28. The van der Waals surface area contributed by atoms with Crippen molar-refractivity contribution in [3.8, 4) is 33.7 Å². The lowest BCUT2D eigenvalue weighted by molar-refractivity contribution is 0.584. The van der Waals surface area contributed by atoms with E-state index >= 15 is 0 Å². The standard InChI is InChI=1S/C41H31N3O/c1-41(2,3)32-24-36(30-14-10-13-29(23-30)27-19-21-33(42-4)22-20-27)39-38(25-32)45-40(44-39)35-17-7-8-18-37(35)43-26-31-15-9-12-28-11-5-6-16-34(28)31/h5-26H,1-3H3. The zero-order valence-electron chi connectivity index (χ0n) is 25.5. The molecule has 0 bridgehead atoms. The minimum Gasteiger partial charge on any atom is -0.436 e. The van der Waals surface area contributed by atoms with Crippen LogP contribution in [0.25, 0.3) is 60.4 Å². The number of benzene rings is 6. The lowest BCUT2D eigenvalue weighted by Crippen LogP contribution is -2.11. The normalized spacial score (nSPS) is 11.8. The Morgan fingerprint density at radius 1 is 0.711 bits per heavy atom. The van der Waals surface area contributed by atoms with E-state index in [1.165, 1.54) is 10.9 Å². The summed E-state index contributed by atoms with van der Waals surface area (Å²) in [4.78, 5) is 13.6. The average Bonchev–Trinajstić information content (AvgIpc) is 3.51. The predicted octanol–water partition coefficient (Wildman–Crippen LogP) is 11.6. The molecule has 0 atom stereocenters. The summed E-state index contributed by atoms with van der Waals surface area (Å²) < 4.78 is 6.54. The van der Waals surface area contributed by atoms with Crippen molar-refractivity contribution in [3.63, 3.8) is 0 Å². The highest BCUT2D eigenvalue weighted by atomic mass is 16.3. The largest absolute Gasteiger partial charge is 0.436 e. The molecule has 7 rings (SSSR count). The quantitative estimate of drug-likeness (QED) is 0.150. The van der Waals surface area contributed by atoms with Gasteiger partial charge in [0.2, 0.25) is 5.89 Å². The van der Waals surface area contributed by atoms with E-state index in [9.17, 15) is 0 Å². The van der Waals surface area contributed by atoms with Gasteiger partial charge in [-0.25, -0.2) is 9.83 Å². The van der Waals surface area contributed by atoms with Crippen LogP contribution in [0.2, 0.25) is 0 Å². The Morgan fingerprint density at radius 2 is 1.44 bits per heavy atom. The van der Waals surface area contributed by atoms with Crippen LogP contribution in [0.5, 0.6) is 0 Å². The zero-order valence-corrected chi connectivity index (χ0v) is 25.5. The van der Waals surface area contributed by atoms with Crippen LogP contribution in [0.4, 0.5) is 11.4 Å². The molecule has 7 aromatic rings. The molecule has 1 aromatic heterocycles. The second kappa shape index (κ2) is 11.4. The first kappa shape index (κ1) is 28.0. The molecule has 0 saturated carbocycles. The van der Waals surface area contributed by atoms with Gasteiger partial charge in [0.1, 0.15) is 5.52 Å². The van der Waals surface area contributed by atoms with E-state index in [4.69, 9.17) is 21.0 Å². The maximum atomic E-state index is 7.28. The Bertz CT molecular complexity index is 2260. The van der Waals surface area contributed by atoms with E-state index in [1.807, 2.05) is 54.7 Å². The van der Waals surface area contributed by atoms with Crippen LogP contribution in [0, 0.1) is 6.57 Å². The third-order valence-electron chi connectivity index (χ3n) is 8.16. The lowest BCUT2D eigenvalue weighted by Gasteiger charge is -2.20. The highest BCUT2D eigenvalue weighted by Gasteiger charge is 2.21. The van der Waals surface area contributed by atoms with Crippen molar-refractivity contribution < 1.29 is 4.42 Å². The molecular weight excluding hydrogens is 550 g/mol. The summed E-state index contributed by atoms with van der Waals surface area (Å²) in [6, 6.07) is 43.1. The van der Waals surface area contributed by atoms with Crippen LogP contribution in [0.15, 0.2) is 137 Å². The zero-order chi connectivity index (χ0) is 31.0. The fourth-order valence-corrected chi connectivity index (χ4v) is 5.66. The molecule has 4 heteroatoms. The Labute approximate surface area is 263 Å². The lowest BCUT2D eigenvalue weighted by atomic mass is 9.84. The number of nitrogens with zero attached hydrogens (tertiary/aromatic N) is 3. The molecule has 45 heavy (non-hydrogen) atoms. The van der Waals surface area contributed by atoms with Crippen LogP contribution >= 0.6 is 0 Å². The number of para-hydroxylation sites is 1. The summed E-state index contributed by atoms with van der Waals surface area (Å²) in [7, 11) is 0. The second-order valence-corrected chi connectivity index (χ2v) is 12.2. The van der Waals surface area contributed by atoms with Crippen molar-refractivity contribution in [3.05, 3.63) is 150 Å². The van der Waals surface area contributed by atoms with Gasteiger partial charge >= 0.3 is 0 Å². The first-order valence-electron chi connectivity index (χ1n) is 15.0. The van der Waals surface area contributed by atoms with E-state index in [2.05, 4.69) is 104 Å². The summed E-state index contributed by atoms with van der Waals surface area (Å²) in [5, 5.41) is 2.34. The van der Waals surface area contributed by atoms with Crippen molar-refractivity contribution in [1.82, 2.24) is 4.98 Å². The molecule has 0 radical (unpaired) electrons. The first-order valence-corrected chi connectivity index (χ1v) is 15.0. The van der Waals surface area contributed by atoms with Gasteiger partial charge in [-0.15, -0.1) is 0 Å². The van der Waals surface area contributed by atoms with Crippen LogP contribution < -0.4 is 0 Å². The van der Waals surface area contributed by atoms with Gasteiger partial charge in [-0.05, 0) is 68.8 Å². The van der Waals surface area contributed by atoms with Crippen LogP contribution in [-0.4, -0.2) is 11.2 Å². The highest BCUT2D eigenvalue weighted by Crippen LogP contribution is 2.39. The molecule has 0 fully saturated rings. The van der Waals surface area contributed by atoms with E-state index in [0.29, 0.717) is 11.6 Å². The fraction of sp³-hybridized carbons (Fsp3) is 0.0976. The minimum absolute atomic E-state index is 0.0935. The van der Waals surface area contributed by atoms with Gasteiger partial charge in [-0.1, -0.05) is 118 Å². The average molecular weight is 582 g/mol. The van der Waals surface area contributed by atoms with Gasteiger partial charge in [0.25, 0.3) is 0 Å². The van der Waals surface area contributed by atoms with Crippen molar-refractivity contribution in [2.24, 2.45) is 4.99 Å². The van der Waals surface area contributed by atoms with Gasteiger partial charge in [-0.2, -0.15) is 0 Å². The van der Waals surface area contributed by atoms with Crippen LogP contribution in [-0.2, 0) is 5.41 Å². The summed E-state index contributed by atoms with van der Waals surface area (Å²) in [5.74, 6) is 0.536. The molecule has 0 aliphatic carbocycles. The van der Waals surface area contributed by atoms with E-state index in [0.717, 1.165) is 55.6 Å². The molecule has 0 saturated heterocycles. The SMILES string of the molecule is [C-]#[N+]c1ccc(-c2cccc(-c3cc(C(C)(C)C)cc4oc(-c5ccccc5N=Cc5cccc6ccccc56)nc34)c2)cc1. The molecule has 0 aliphatic heterocycles. The van der Waals surface area contributed by atoms with E-state index in [-0.39, 0.29) is 5.41 Å². The summed E-state index contributed by atoms with van der Waals surface area (Å²) in [5.41, 5.74) is 10.2. The Morgan fingerprint density at radius 3 is 2.27 bits per heavy atom. The molecule has 216 valence electrons.